The van der Waals surface area contributed by atoms with Gasteiger partial charge in [0, 0.05) is 45.3 Å². The Morgan fingerprint density at radius 2 is 1.86 bits per heavy atom. The van der Waals surface area contributed by atoms with Crippen LogP contribution in [0.1, 0.15) is 36.7 Å². The summed E-state index contributed by atoms with van der Waals surface area (Å²) < 4.78 is 32.5. The van der Waals surface area contributed by atoms with E-state index in [1.165, 1.54) is 42.0 Å². The highest BCUT2D eigenvalue weighted by molar-refractivity contribution is 6.08. The number of phenols is 1. The van der Waals surface area contributed by atoms with Crippen LogP contribution in [0.5, 0.6) is 5.75 Å². The normalized spacial score (nSPS) is 16.2. The number of hydrogen-bond acceptors (Lipinski definition) is 5. The summed E-state index contributed by atoms with van der Waals surface area (Å²) in [5.74, 6) is -2.38. The number of anilines is 1. The van der Waals surface area contributed by atoms with E-state index in [1.54, 1.807) is 28.9 Å². The predicted octanol–water partition coefficient (Wildman–Crippen LogP) is 3.96. The second-order valence-corrected chi connectivity index (χ2v) is 8.87. The number of ketones is 1. The second-order valence-electron chi connectivity index (χ2n) is 8.87. The van der Waals surface area contributed by atoms with Crippen LogP contribution in [0.2, 0.25) is 0 Å². The van der Waals surface area contributed by atoms with Gasteiger partial charge in [-0.2, -0.15) is 0 Å². The van der Waals surface area contributed by atoms with Crippen molar-refractivity contribution in [2.75, 3.05) is 24.5 Å². The summed E-state index contributed by atoms with van der Waals surface area (Å²) in [5.41, 5.74) is -0.632. The van der Waals surface area contributed by atoms with Crippen molar-refractivity contribution in [3.63, 3.8) is 0 Å². The fraction of sp³-hybridized carbons (Fsp3) is 0.296. The molecule has 1 atom stereocenters. The first kappa shape index (κ1) is 25.1. The van der Waals surface area contributed by atoms with Crippen molar-refractivity contribution >= 4 is 34.4 Å². The molecule has 7 nitrogen and oxygen atoms in total. The first-order valence-electron chi connectivity index (χ1n) is 11.7. The van der Waals surface area contributed by atoms with E-state index >= 15 is 8.78 Å². The van der Waals surface area contributed by atoms with Crippen molar-refractivity contribution in [1.29, 1.82) is 0 Å². The van der Waals surface area contributed by atoms with E-state index in [4.69, 9.17) is 0 Å². The van der Waals surface area contributed by atoms with Gasteiger partial charge in [0.05, 0.1) is 16.5 Å². The Balaban J connectivity index is 1.76. The van der Waals surface area contributed by atoms with E-state index in [1.807, 2.05) is 6.92 Å². The molecule has 0 bridgehead atoms. The summed E-state index contributed by atoms with van der Waals surface area (Å²) in [4.78, 5) is 41.0. The molecule has 4 rings (SSSR count). The van der Waals surface area contributed by atoms with Gasteiger partial charge < -0.3 is 19.5 Å². The van der Waals surface area contributed by atoms with Crippen LogP contribution in [0.25, 0.3) is 17.0 Å². The quantitative estimate of drug-likeness (QED) is 0.428. The van der Waals surface area contributed by atoms with Crippen molar-refractivity contribution in [2.24, 2.45) is 0 Å². The first-order chi connectivity index (χ1) is 17.1. The molecule has 1 fully saturated rings. The summed E-state index contributed by atoms with van der Waals surface area (Å²) in [7, 11) is 0. The fourth-order valence-corrected chi connectivity index (χ4v) is 4.67. The Kier molecular flexibility index (Phi) is 6.92. The number of pyridine rings is 1. The number of fused-ring (bicyclic) bond motifs is 1. The Bertz CT molecular complexity index is 1430. The summed E-state index contributed by atoms with van der Waals surface area (Å²) in [5, 5.41) is 9.17. The van der Waals surface area contributed by atoms with E-state index < -0.39 is 22.8 Å². The maximum absolute atomic E-state index is 15.8. The zero-order valence-electron chi connectivity index (χ0n) is 20.3. The SMILES string of the molecule is CCn1cc(C(=O)/C=C/c2ccc(O)cc2)c(=O)c2cc(F)c(N3CCN(C(C)=O)C(C)C3)c(F)c21. The van der Waals surface area contributed by atoms with Crippen LogP contribution in [-0.2, 0) is 11.3 Å². The highest BCUT2D eigenvalue weighted by atomic mass is 19.1. The van der Waals surface area contributed by atoms with Gasteiger partial charge in [-0.1, -0.05) is 18.2 Å². The van der Waals surface area contributed by atoms with Crippen molar-refractivity contribution in [1.82, 2.24) is 9.47 Å². The molecule has 1 unspecified atom stereocenters. The van der Waals surface area contributed by atoms with Crippen molar-refractivity contribution in [3.8, 4) is 5.75 Å². The molecule has 36 heavy (non-hydrogen) atoms. The number of rotatable bonds is 5. The number of hydrogen-bond donors (Lipinski definition) is 1. The number of piperazine rings is 1. The fourth-order valence-electron chi connectivity index (χ4n) is 4.67. The van der Waals surface area contributed by atoms with Gasteiger partial charge in [-0.15, -0.1) is 0 Å². The van der Waals surface area contributed by atoms with Gasteiger partial charge in [0.2, 0.25) is 11.3 Å². The number of halogens is 2. The average molecular weight is 496 g/mol. The molecule has 0 aliphatic carbocycles. The van der Waals surface area contributed by atoms with Gasteiger partial charge in [-0.25, -0.2) is 8.78 Å². The molecular weight excluding hydrogens is 468 g/mol. The highest BCUT2D eigenvalue weighted by Gasteiger charge is 2.30. The van der Waals surface area contributed by atoms with Gasteiger partial charge in [0.15, 0.2) is 11.6 Å². The number of aryl methyl sites for hydroxylation is 1. The third kappa shape index (κ3) is 4.60. The largest absolute Gasteiger partial charge is 0.508 e. The van der Waals surface area contributed by atoms with Crippen LogP contribution in [0, 0.1) is 11.6 Å². The zero-order chi connectivity index (χ0) is 26.1. The molecule has 1 aliphatic heterocycles. The molecule has 0 radical (unpaired) electrons. The van der Waals surface area contributed by atoms with Crippen LogP contribution >= 0.6 is 0 Å². The van der Waals surface area contributed by atoms with Gasteiger partial charge in [0.25, 0.3) is 0 Å². The van der Waals surface area contributed by atoms with E-state index in [2.05, 4.69) is 0 Å². The third-order valence-electron chi connectivity index (χ3n) is 6.50. The van der Waals surface area contributed by atoms with Crippen LogP contribution in [-0.4, -0.2) is 51.9 Å². The lowest BCUT2D eigenvalue weighted by molar-refractivity contribution is -0.131. The number of carbonyl (C=O) groups is 2. The molecule has 2 heterocycles. The zero-order valence-corrected chi connectivity index (χ0v) is 20.3. The van der Waals surface area contributed by atoms with Crippen LogP contribution in [0.4, 0.5) is 14.5 Å². The number of aromatic hydroxyl groups is 1. The molecule has 3 aromatic rings. The van der Waals surface area contributed by atoms with Crippen molar-refractivity contribution < 1.29 is 23.5 Å². The Labute approximate surface area is 206 Å². The second kappa shape index (κ2) is 9.93. The monoisotopic (exact) mass is 495 g/mol. The minimum atomic E-state index is -0.896. The van der Waals surface area contributed by atoms with Crippen molar-refractivity contribution in [3.05, 3.63) is 75.6 Å². The molecule has 9 heteroatoms. The predicted molar refractivity (Wildman–Crippen MR) is 134 cm³/mol. The molecule has 1 amide bonds. The maximum Gasteiger partial charge on any atom is 0.219 e. The molecule has 1 N–H and O–H groups in total. The Morgan fingerprint density at radius 1 is 1.17 bits per heavy atom. The molecule has 1 aromatic heterocycles. The minimum Gasteiger partial charge on any atom is -0.508 e. The average Bonchev–Trinajstić information content (AvgIpc) is 2.84. The molecule has 1 saturated heterocycles. The molecule has 0 spiro atoms. The van der Waals surface area contributed by atoms with E-state index in [-0.39, 0.29) is 59.5 Å². The lowest BCUT2D eigenvalue weighted by Gasteiger charge is -2.40. The number of allylic oxidation sites excluding steroid dienone is 1. The molecule has 2 aromatic carbocycles. The summed E-state index contributed by atoms with van der Waals surface area (Å²) in [6, 6.07) is 6.90. The van der Waals surface area contributed by atoms with Crippen molar-refractivity contribution in [2.45, 2.75) is 33.4 Å². The summed E-state index contributed by atoms with van der Waals surface area (Å²) in [6.07, 6.45) is 4.01. The van der Waals surface area contributed by atoms with Gasteiger partial charge in [-0.05, 0) is 43.7 Å². The summed E-state index contributed by atoms with van der Waals surface area (Å²) >= 11 is 0. The lowest BCUT2D eigenvalue weighted by Crippen LogP contribution is -2.54. The van der Waals surface area contributed by atoms with E-state index in [0.29, 0.717) is 12.1 Å². The Hall–Kier alpha value is -4.01. The number of carbonyl (C=O) groups excluding carboxylic acids is 2. The van der Waals surface area contributed by atoms with E-state index in [0.717, 1.165) is 6.07 Å². The topological polar surface area (TPSA) is 82.8 Å². The smallest absolute Gasteiger partial charge is 0.219 e. The molecule has 1 aliphatic rings. The standard InChI is InChI=1S/C27H27F2N3O4/c1-4-30-15-21(23(35)10-7-18-5-8-19(34)9-6-18)27(36)20-13-22(28)26(24(29)25(20)30)31-11-12-32(17(3)33)16(2)14-31/h5-10,13,15-16,34H,4,11-12,14H2,1-3H3/b10-7+. The number of amides is 1. The number of nitrogens with zero attached hydrogens (tertiary/aromatic N) is 3. The third-order valence-corrected chi connectivity index (χ3v) is 6.50. The van der Waals surface area contributed by atoms with Gasteiger partial charge >= 0.3 is 0 Å². The van der Waals surface area contributed by atoms with Crippen LogP contribution < -0.4 is 10.3 Å². The molecule has 188 valence electrons. The van der Waals surface area contributed by atoms with Crippen LogP contribution in [0.3, 0.4) is 0 Å². The minimum absolute atomic E-state index is 0.0698. The number of benzene rings is 2. The number of phenolic OH excluding ortho intramolecular Hbond substituents is 1. The maximum atomic E-state index is 15.8. The summed E-state index contributed by atoms with van der Waals surface area (Å²) in [6.45, 7) is 6.08. The first-order valence-corrected chi connectivity index (χ1v) is 11.7. The lowest BCUT2D eigenvalue weighted by atomic mass is 10.0. The van der Waals surface area contributed by atoms with E-state index in [9.17, 15) is 19.5 Å². The highest BCUT2D eigenvalue weighted by Crippen LogP contribution is 2.31. The van der Waals surface area contributed by atoms with Crippen LogP contribution in [0.15, 0.2) is 47.4 Å². The van der Waals surface area contributed by atoms with Gasteiger partial charge in [-0.3, -0.25) is 14.4 Å². The number of aromatic nitrogens is 1. The molecule has 0 saturated carbocycles. The molecular formula is C27H27F2N3O4. The van der Waals surface area contributed by atoms with Gasteiger partial charge in [0.1, 0.15) is 17.3 Å². The Morgan fingerprint density at radius 3 is 2.47 bits per heavy atom.